The van der Waals surface area contributed by atoms with Crippen LogP contribution in [0.3, 0.4) is 0 Å². The van der Waals surface area contributed by atoms with Gasteiger partial charge in [-0.15, -0.1) is 0 Å². The predicted octanol–water partition coefficient (Wildman–Crippen LogP) is 2.79. The van der Waals surface area contributed by atoms with Crippen LogP contribution in [0.25, 0.3) is 5.69 Å². The monoisotopic (exact) mass is 299 g/mol. The molecular formula is C18H25N3O. The minimum atomic E-state index is -0.0314. The number of rotatable bonds is 6. The number of hydrogen-bond acceptors (Lipinski definition) is 2. The molecule has 1 amide bonds. The first-order valence-electron chi connectivity index (χ1n) is 7.54. The highest BCUT2D eigenvalue weighted by Gasteiger charge is 2.21. The van der Waals surface area contributed by atoms with Crippen molar-refractivity contribution in [2.75, 3.05) is 27.2 Å². The summed E-state index contributed by atoms with van der Waals surface area (Å²) in [6.45, 7) is 5.88. The van der Waals surface area contributed by atoms with Crippen molar-refractivity contribution in [2.24, 2.45) is 5.41 Å². The Balaban J connectivity index is 2.11. The number of amides is 1. The second-order valence-corrected chi connectivity index (χ2v) is 6.69. The van der Waals surface area contributed by atoms with Crippen LogP contribution in [-0.2, 0) is 0 Å². The van der Waals surface area contributed by atoms with Gasteiger partial charge in [0, 0.05) is 25.5 Å². The van der Waals surface area contributed by atoms with Crippen molar-refractivity contribution in [2.45, 2.75) is 13.8 Å². The van der Waals surface area contributed by atoms with Crippen LogP contribution in [0.1, 0.15) is 24.2 Å². The summed E-state index contributed by atoms with van der Waals surface area (Å²) in [4.78, 5) is 14.7. The molecule has 4 nitrogen and oxygen atoms in total. The molecule has 4 heteroatoms. The zero-order valence-corrected chi connectivity index (χ0v) is 13.8. The van der Waals surface area contributed by atoms with Crippen molar-refractivity contribution in [3.8, 4) is 5.69 Å². The summed E-state index contributed by atoms with van der Waals surface area (Å²) in [7, 11) is 4.09. The number of carbonyl (C=O) groups excluding carboxylic acids is 1. The molecule has 22 heavy (non-hydrogen) atoms. The molecule has 0 bridgehead atoms. The molecule has 0 spiro atoms. The van der Waals surface area contributed by atoms with E-state index in [1.807, 2.05) is 67.5 Å². The highest BCUT2D eigenvalue weighted by Crippen LogP contribution is 2.17. The Morgan fingerprint density at radius 3 is 2.41 bits per heavy atom. The minimum absolute atomic E-state index is 0.0293. The number of carbonyl (C=O) groups is 1. The topological polar surface area (TPSA) is 37.3 Å². The first kappa shape index (κ1) is 16.3. The van der Waals surface area contributed by atoms with E-state index in [1.165, 1.54) is 0 Å². The summed E-state index contributed by atoms with van der Waals surface area (Å²) in [5.74, 6) is -0.0314. The Morgan fingerprint density at radius 1 is 1.14 bits per heavy atom. The zero-order chi connectivity index (χ0) is 16.2. The van der Waals surface area contributed by atoms with Gasteiger partial charge in [0.1, 0.15) is 0 Å². The summed E-state index contributed by atoms with van der Waals surface area (Å²) in [6, 6.07) is 11.6. The van der Waals surface area contributed by atoms with Crippen LogP contribution in [0.2, 0.25) is 0 Å². The van der Waals surface area contributed by atoms with E-state index in [2.05, 4.69) is 24.1 Å². The molecule has 0 aliphatic carbocycles. The van der Waals surface area contributed by atoms with Crippen LogP contribution in [-0.4, -0.2) is 42.6 Å². The number of nitrogens with zero attached hydrogens (tertiary/aromatic N) is 2. The Labute approximate surface area is 132 Å². The summed E-state index contributed by atoms with van der Waals surface area (Å²) in [5, 5.41) is 3.07. The smallest absolute Gasteiger partial charge is 0.253 e. The Hall–Kier alpha value is -2.07. The number of nitrogens with one attached hydrogen (secondary N) is 1. The van der Waals surface area contributed by atoms with E-state index in [1.54, 1.807) is 0 Å². The molecule has 0 fully saturated rings. The van der Waals surface area contributed by atoms with E-state index >= 15 is 0 Å². The third-order valence-corrected chi connectivity index (χ3v) is 3.50. The molecule has 2 rings (SSSR count). The number of aromatic nitrogens is 1. The zero-order valence-electron chi connectivity index (χ0n) is 13.8. The number of hydrogen-bond donors (Lipinski definition) is 1. The SMILES string of the molecule is CN(C)CC(C)(C)CNC(=O)c1ccccc1-n1cccc1. The van der Waals surface area contributed by atoms with Crippen molar-refractivity contribution in [3.63, 3.8) is 0 Å². The highest BCUT2D eigenvalue weighted by atomic mass is 16.1. The van der Waals surface area contributed by atoms with Gasteiger partial charge >= 0.3 is 0 Å². The second-order valence-electron chi connectivity index (χ2n) is 6.69. The van der Waals surface area contributed by atoms with Crippen molar-refractivity contribution in [1.82, 2.24) is 14.8 Å². The Kier molecular flexibility index (Phi) is 5.03. The molecule has 1 aromatic carbocycles. The van der Waals surface area contributed by atoms with Gasteiger partial charge in [-0.2, -0.15) is 0 Å². The molecule has 0 saturated heterocycles. The highest BCUT2D eigenvalue weighted by molar-refractivity contribution is 5.97. The summed E-state index contributed by atoms with van der Waals surface area (Å²) >= 11 is 0. The van der Waals surface area contributed by atoms with Crippen LogP contribution in [0, 0.1) is 5.41 Å². The second kappa shape index (κ2) is 6.79. The summed E-state index contributed by atoms with van der Waals surface area (Å²) < 4.78 is 1.96. The van der Waals surface area contributed by atoms with Gasteiger partial charge in [0.15, 0.2) is 0 Å². The third-order valence-electron chi connectivity index (χ3n) is 3.50. The lowest BCUT2D eigenvalue weighted by Crippen LogP contribution is -2.40. The van der Waals surface area contributed by atoms with Gasteiger partial charge in [0.2, 0.25) is 0 Å². The largest absolute Gasteiger partial charge is 0.351 e. The molecule has 1 aromatic heterocycles. The van der Waals surface area contributed by atoms with Crippen LogP contribution >= 0.6 is 0 Å². The predicted molar refractivity (Wildman–Crippen MR) is 90.4 cm³/mol. The average Bonchev–Trinajstić information content (AvgIpc) is 2.97. The molecule has 2 aromatic rings. The van der Waals surface area contributed by atoms with Crippen LogP contribution < -0.4 is 5.32 Å². The van der Waals surface area contributed by atoms with Gasteiger partial charge < -0.3 is 14.8 Å². The molecule has 0 saturated carbocycles. The Morgan fingerprint density at radius 2 is 1.77 bits per heavy atom. The van der Waals surface area contributed by atoms with Gasteiger partial charge in [0.05, 0.1) is 11.3 Å². The standard InChI is InChI=1S/C18H25N3O/c1-18(2,14-20(3)4)13-19-17(22)15-9-5-6-10-16(15)21-11-7-8-12-21/h5-12H,13-14H2,1-4H3,(H,19,22). The molecule has 1 heterocycles. The fourth-order valence-corrected chi connectivity index (χ4v) is 2.71. The lowest BCUT2D eigenvalue weighted by atomic mass is 9.93. The van der Waals surface area contributed by atoms with Gasteiger partial charge in [-0.05, 0) is 43.8 Å². The molecule has 1 N–H and O–H groups in total. The lowest BCUT2D eigenvalue weighted by molar-refractivity contribution is 0.0929. The van der Waals surface area contributed by atoms with E-state index < -0.39 is 0 Å². The van der Waals surface area contributed by atoms with Crippen molar-refractivity contribution >= 4 is 5.91 Å². The minimum Gasteiger partial charge on any atom is -0.351 e. The summed E-state index contributed by atoms with van der Waals surface area (Å²) in [5.41, 5.74) is 1.62. The van der Waals surface area contributed by atoms with E-state index in [0.29, 0.717) is 12.1 Å². The third kappa shape index (κ3) is 4.21. The Bertz CT molecular complexity index is 615. The van der Waals surface area contributed by atoms with Crippen molar-refractivity contribution in [3.05, 3.63) is 54.4 Å². The normalized spacial score (nSPS) is 11.7. The lowest BCUT2D eigenvalue weighted by Gasteiger charge is -2.28. The number of para-hydroxylation sites is 1. The van der Waals surface area contributed by atoms with Gasteiger partial charge in [-0.1, -0.05) is 26.0 Å². The van der Waals surface area contributed by atoms with E-state index in [0.717, 1.165) is 12.2 Å². The van der Waals surface area contributed by atoms with Crippen molar-refractivity contribution < 1.29 is 4.79 Å². The van der Waals surface area contributed by atoms with Crippen LogP contribution in [0.4, 0.5) is 0 Å². The van der Waals surface area contributed by atoms with E-state index in [9.17, 15) is 4.79 Å². The van der Waals surface area contributed by atoms with Crippen molar-refractivity contribution in [1.29, 1.82) is 0 Å². The first-order valence-corrected chi connectivity index (χ1v) is 7.54. The maximum atomic E-state index is 12.6. The first-order chi connectivity index (χ1) is 10.4. The number of benzene rings is 1. The van der Waals surface area contributed by atoms with Gasteiger partial charge in [0.25, 0.3) is 5.91 Å². The molecular weight excluding hydrogens is 274 g/mol. The maximum Gasteiger partial charge on any atom is 0.253 e. The van der Waals surface area contributed by atoms with E-state index in [4.69, 9.17) is 0 Å². The maximum absolute atomic E-state index is 12.6. The molecule has 0 aliphatic heterocycles. The molecule has 0 atom stereocenters. The summed E-state index contributed by atoms with van der Waals surface area (Å²) in [6.07, 6.45) is 3.89. The molecule has 118 valence electrons. The fraction of sp³-hybridized carbons (Fsp3) is 0.389. The molecule has 0 aliphatic rings. The average molecular weight is 299 g/mol. The van der Waals surface area contributed by atoms with Gasteiger partial charge in [-0.3, -0.25) is 4.79 Å². The van der Waals surface area contributed by atoms with E-state index in [-0.39, 0.29) is 11.3 Å². The quantitative estimate of drug-likeness (QED) is 0.890. The van der Waals surface area contributed by atoms with Crippen LogP contribution in [0.5, 0.6) is 0 Å². The molecule has 0 radical (unpaired) electrons. The fourth-order valence-electron chi connectivity index (χ4n) is 2.71. The van der Waals surface area contributed by atoms with Gasteiger partial charge in [-0.25, -0.2) is 0 Å². The van der Waals surface area contributed by atoms with Crippen LogP contribution in [0.15, 0.2) is 48.8 Å². The molecule has 0 unspecified atom stereocenters.